The van der Waals surface area contributed by atoms with Crippen molar-refractivity contribution < 1.29 is 14.8 Å². The number of benzene rings is 2. The van der Waals surface area contributed by atoms with Crippen molar-refractivity contribution in [1.82, 2.24) is 20.0 Å². The van der Waals surface area contributed by atoms with Crippen LogP contribution >= 0.6 is 11.6 Å². The van der Waals surface area contributed by atoms with Crippen molar-refractivity contribution in [2.24, 2.45) is 0 Å². The second kappa shape index (κ2) is 8.39. The van der Waals surface area contributed by atoms with Crippen molar-refractivity contribution in [3.8, 4) is 0 Å². The average Bonchev–Trinajstić information content (AvgIpc) is 3.17. The molecule has 0 spiro atoms. The van der Waals surface area contributed by atoms with Crippen molar-refractivity contribution >= 4 is 34.1 Å². The number of nitro benzene ring substituents is 1. The molecule has 0 saturated carbocycles. The smallest absolute Gasteiger partial charge is 0.275 e. The van der Waals surface area contributed by atoms with Gasteiger partial charge in [0.25, 0.3) is 11.6 Å². The topological polar surface area (TPSA) is 116 Å². The van der Waals surface area contributed by atoms with Gasteiger partial charge in [0, 0.05) is 48.7 Å². The fraction of sp³-hybridized carbons (Fsp3) is 0.300. The molecule has 0 aliphatic carbocycles. The van der Waals surface area contributed by atoms with E-state index in [1.54, 1.807) is 17.0 Å². The molecule has 10 heteroatoms. The highest BCUT2D eigenvalue weighted by molar-refractivity contribution is 6.30. The van der Waals surface area contributed by atoms with Crippen molar-refractivity contribution in [3.63, 3.8) is 0 Å². The lowest BCUT2D eigenvalue weighted by atomic mass is 10.0. The molecule has 1 aliphatic rings. The maximum absolute atomic E-state index is 13.0. The zero-order chi connectivity index (χ0) is 21.3. The Kier molecular flexibility index (Phi) is 5.67. The molecule has 1 aromatic heterocycles. The molecule has 0 bridgehead atoms. The normalized spacial score (nSPS) is 16.0. The van der Waals surface area contributed by atoms with E-state index in [1.165, 1.54) is 12.1 Å². The number of aliphatic hydroxyl groups is 1. The standard InChI is InChI=1S/C20H20ClN5O4/c21-14-3-1-2-13(10-14)18(12-27)24-6-8-25(9-7-24)20(28)19-16-11-15(26(29)30)4-5-17(16)22-23-19/h1-5,10-11,18,27H,6-9,12H2,(H,22,23). The van der Waals surface area contributed by atoms with Crippen LogP contribution in [0.5, 0.6) is 0 Å². The molecule has 1 amide bonds. The van der Waals surface area contributed by atoms with Crippen LogP contribution < -0.4 is 0 Å². The molecular formula is C20H20ClN5O4. The molecular weight excluding hydrogens is 410 g/mol. The third-order valence-corrected chi connectivity index (χ3v) is 5.64. The Morgan fingerprint density at radius 2 is 2.00 bits per heavy atom. The fourth-order valence-electron chi connectivity index (χ4n) is 3.81. The maximum atomic E-state index is 13.0. The van der Waals surface area contributed by atoms with Gasteiger partial charge in [0.15, 0.2) is 5.69 Å². The van der Waals surface area contributed by atoms with Crippen molar-refractivity contribution in [2.45, 2.75) is 6.04 Å². The summed E-state index contributed by atoms with van der Waals surface area (Å²) in [6, 6.07) is 11.5. The molecule has 4 rings (SSSR count). The summed E-state index contributed by atoms with van der Waals surface area (Å²) in [6.45, 7) is 2.01. The van der Waals surface area contributed by atoms with Crippen molar-refractivity contribution in [1.29, 1.82) is 0 Å². The number of nitro groups is 1. The average molecular weight is 430 g/mol. The Morgan fingerprint density at radius 1 is 1.23 bits per heavy atom. The van der Waals surface area contributed by atoms with Crippen molar-refractivity contribution in [2.75, 3.05) is 32.8 Å². The second-order valence-corrected chi connectivity index (χ2v) is 7.58. The van der Waals surface area contributed by atoms with Crippen LogP contribution in [0.25, 0.3) is 10.9 Å². The van der Waals surface area contributed by atoms with Crippen LogP contribution in [0.4, 0.5) is 5.69 Å². The lowest BCUT2D eigenvalue weighted by Gasteiger charge is -2.38. The highest BCUT2D eigenvalue weighted by Gasteiger charge is 2.29. The van der Waals surface area contributed by atoms with Crippen LogP contribution in [0.1, 0.15) is 22.1 Å². The van der Waals surface area contributed by atoms with Gasteiger partial charge in [0.05, 0.1) is 23.1 Å². The molecule has 2 N–H and O–H groups in total. The van der Waals surface area contributed by atoms with Crippen LogP contribution in [-0.4, -0.2) is 68.7 Å². The summed E-state index contributed by atoms with van der Waals surface area (Å²) in [5.41, 5.74) is 1.59. The van der Waals surface area contributed by atoms with Crippen LogP contribution in [0.3, 0.4) is 0 Å². The molecule has 30 heavy (non-hydrogen) atoms. The van der Waals surface area contributed by atoms with E-state index in [4.69, 9.17) is 11.6 Å². The predicted octanol–water partition coefficient (Wildman–Crippen LogP) is 2.62. The first-order valence-electron chi connectivity index (χ1n) is 9.50. The van der Waals surface area contributed by atoms with E-state index in [-0.39, 0.29) is 29.9 Å². The Bertz CT molecular complexity index is 1090. The van der Waals surface area contributed by atoms with Gasteiger partial charge in [-0.2, -0.15) is 5.10 Å². The lowest BCUT2D eigenvalue weighted by molar-refractivity contribution is -0.384. The minimum atomic E-state index is -0.496. The minimum Gasteiger partial charge on any atom is -0.394 e. The second-order valence-electron chi connectivity index (χ2n) is 7.14. The number of halogens is 1. The number of amides is 1. The number of rotatable bonds is 5. The number of carbonyl (C=O) groups is 1. The predicted molar refractivity (Wildman–Crippen MR) is 112 cm³/mol. The van der Waals surface area contributed by atoms with Crippen LogP contribution in [0, 0.1) is 10.1 Å². The Morgan fingerprint density at radius 3 is 2.67 bits per heavy atom. The molecule has 1 aliphatic heterocycles. The molecule has 2 heterocycles. The van der Waals surface area contributed by atoms with E-state index in [1.807, 2.05) is 18.2 Å². The number of fused-ring (bicyclic) bond motifs is 1. The summed E-state index contributed by atoms with van der Waals surface area (Å²) >= 11 is 6.08. The summed E-state index contributed by atoms with van der Waals surface area (Å²) in [6.07, 6.45) is 0. The van der Waals surface area contributed by atoms with Gasteiger partial charge in [-0.3, -0.25) is 24.9 Å². The van der Waals surface area contributed by atoms with Gasteiger partial charge in [0.1, 0.15) is 0 Å². The first-order valence-corrected chi connectivity index (χ1v) is 9.88. The fourth-order valence-corrected chi connectivity index (χ4v) is 4.01. The number of hydrogen-bond acceptors (Lipinski definition) is 6. The third-order valence-electron chi connectivity index (χ3n) is 5.41. The van der Waals surface area contributed by atoms with Gasteiger partial charge in [-0.05, 0) is 23.8 Å². The number of nitrogens with zero attached hydrogens (tertiary/aromatic N) is 4. The van der Waals surface area contributed by atoms with Gasteiger partial charge in [0.2, 0.25) is 0 Å². The van der Waals surface area contributed by atoms with E-state index < -0.39 is 4.92 Å². The van der Waals surface area contributed by atoms with Gasteiger partial charge < -0.3 is 10.0 Å². The highest BCUT2D eigenvalue weighted by atomic mass is 35.5. The van der Waals surface area contributed by atoms with Crippen LogP contribution in [0.15, 0.2) is 42.5 Å². The van der Waals surface area contributed by atoms with E-state index in [9.17, 15) is 20.0 Å². The van der Waals surface area contributed by atoms with E-state index in [0.717, 1.165) is 5.56 Å². The van der Waals surface area contributed by atoms with E-state index in [0.29, 0.717) is 42.1 Å². The molecule has 2 aromatic carbocycles. The molecule has 156 valence electrons. The molecule has 1 saturated heterocycles. The monoisotopic (exact) mass is 429 g/mol. The van der Waals surface area contributed by atoms with Gasteiger partial charge in [-0.15, -0.1) is 0 Å². The summed E-state index contributed by atoms with van der Waals surface area (Å²) in [5, 5.41) is 28.9. The molecule has 0 radical (unpaired) electrons. The van der Waals surface area contributed by atoms with Gasteiger partial charge in [-0.1, -0.05) is 23.7 Å². The number of aromatic nitrogens is 2. The molecule has 1 atom stereocenters. The first-order chi connectivity index (χ1) is 14.5. The number of aromatic amines is 1. The van der Waals surface area contributed by atoms with Crippen LogP contribution in [-0.2, 0) is 0 Å². The summed E-state index contributed by atoms with van der Waals surface area (Å²) < 4.78 is 0. The Balaban J connectivity index is 1.49. The summed E-state index contributed by atoms with van der Waals surface area (Å²) in [4.78, 5) is 27.4. The molecule has 9 nitrogen and oxygen atoms in total. The van der Waals surface area contributed by atoms with Gasteiger partial charge >= 0.3 is 0 Å². The van der Waals surface area contributed by atoms with E-state index >= 15 is 0 Å². The largest absolute Gasteiger partial charge is 0.394 e. The van der Waals surface area contributed by atoms with Gasteiger partial charge in [-0.25, -0.2) is 0 Å². The quantitative estimate of drug-likeness (QED) is 0.475. The molecule has 3 aromatic rings. The zero-order valence-electron chi connectivity index (χ0n) is 16.0. The first kappa shape index (κ1) is 20.3. The Hall–Kier alpha value is -3.01. The third kappa shape index (κ3) is 3.87. The van der Waals surface area contributed by atoms with Crippen LogP contribution in [0.2, 0.25) is 5.02 Å². The number of nitrogens with one attached hydrogen (secondary N) is 1. The number of aliphatic hydroxyl groups excluding tert-OH is 1. The number of non-ortho nitro benzene ring substituents is 1. The number of H-pyrrole nitrogens is 1. The maximum Gasteiger partial charge on any atom is 0.275 e. The Labute approximate surface area is 177 Å². The van der Waals surface area contributed by atoms with E-state index in [2.05, 4.69) is 15.1 Å². The lowest BCUT2D eigenvalue weighted by Crippen LogP contribution is -2.50. The number of piperazine rings is 1. The number of carbonyl (C=O) groups excluding carboxylic acids is 1. The molecule has 1 fully saturated rings. The summed E-state index contributed by atoms with van der Waals surface area (Å²) in [7, 11) is 0. The zero-order valence-corrected chi connectivity index (χ0v) is 16.7. The SMILES string of the molecule is O=C(c1n[nH]c2ccc([N+](=O)[O-])cc12)N1CCN(C(CO)c2cccc(Cl)c2)CC1. The highest BCUT2D eigenvalue weighted by Crippen LogP contribution is 2.26. The summed E-state index contributed by atoms with van der Waals surface area (Å²) in [5.74, 6) is -0.273. The molecule has 1 unspecified atom stereocenters. The number of hydrogen-bond donors (Lipinski definition) is 2. The van der Waals surface area contributed by atoms with Crippen molar-refractivity contribution in [3.05, 3.63) is 68.9 Å². The minimum absolute atomic E-state index is 0.0536.